The van der Waals surface area contributed by atoms with Crippen molar-refractivity contribution in [3.63, 3.8) is 0 Å². The van der Waals surface area contributed by atoms with Gasteiger partial charge < -0.3 is 15.0 Å². The van der Waals surface area contributed by atoms with Gasteiger partial charge in [-0.15, -0.1) is 0 Å². The number of hydrogen-bond acceptors (Lipinski definition) is 4. The third kappa shape index (κ3) is 4.18. The van der Waals surface area contributed by atoms with Gasteiger partial charge in [0.15, 0.2) is 0 Å². The Morgan fingerprint density at radius 3 is 2.91 bits per heavy atom. The minimum atomic E-state index is 0.0385. The number of nitrogens with zero attached hydrogens (tertiary/aromatic N) is 3. The van der Waals surface area contributed by atoms with Crippen LogP contribution in [0.5, 0.6) is 0 Å². The monoisotopic (exact) mass is 304 g/mol. The van der Waals surface area contributed by atoms with E-state index in [1.54, 1.807) is 6.20 Å². The maximum atomic E-state index is 12.2. The summed E-state index contributed by atoms with van der Waals surface area (Å²) in [5, 5.41) is 2.99. The van der Waals surface area contributed by atoms with Gasteiger partial charge in [-0.25, -0.2) is 4.79 Å². The van der Waals surface area contributed by atoms with Crippen LogP contribution in [-0.2, 0) is 11.3 Å². The summed E-state index contributed by atoms with van der Waals surface area (Å²) in [4.78, 5) is 20.6. The van der Waals surface area contributed by atoms with E-state index in [9.17, 15) is 4.79 Å². The first-order valence-electron chi connectivity index (χ1n) is 8.07. The number of carbonyl (C=O) groups excluding carboxylic acids is 1. The van der Waals surface area contributed by atoms with Crippen LogP contribution >= 0.6 is 0 Å². The first-order valence-corrected chi connectivity index (χ1v) is 8.07. The summed E-state index contributed by atoms with van der Waals surface area (Å²) in [6, 6.07) is 4.09. The molecular weight excluding hydrogens is 280 g/mol. The number of pyridine rings is 1. The minimum Gasteiger partial charge on any atom is -0.376 e. The summed E-state index contributed by atoms with van der Waals surface area (Å²) in [5.41, 5.74) is 1.22. The van der Waals surface area contributed by atoms with Gasteiger partial charge in [0.25, 0.3) is 0 Å². The molecule has 3 heterocycles. The number of hydrogen-bond donors (Lipinski definition) is 1. The standard InChI is InChI=1S/C16H24N4O2/c21-16(18-12-15-4-2-10-22-15)20-8-6-19(7-9-20)13-14-3-1-5-17-11-14/h1,3,5,11,15H,2,4,6-10,12-13H2,(H,18,21). The van der Waals surface area contributed by atoms with Gasteiger partial charge in [0.2, 0.25) is 0 Å². The number of piperazine rings is 1. The summed E-state index contributed by atoms with van der Waals surface area (Å²) < 4.78 is 5.53. The molecule has 0 saturated carbocycles. The lowest BCUT2D eigenvalue weighted by molar-refractivity contribution is 0.104. The van der Waals surface area contributed by atoms with Crippen molar-refractivity contribution in [2.75, 3.05) is 39.3 Å². The second-order valence-corrected chi connectivity index (χ2v) is 5.95. The Hall–Kier alpha value is -1.66. The molecule has 1 aromatic rings. The van der Waals surface area contributed by atoms with Crippen molar-refractivity contribution in [1.82, 2.24) is 20.1 Å². The second kappa shape index (κ2) is 7.56. The molecule has 120 valence electrons. The molecule has 1 aromatic heterocycles. The highest BCUT2D eigenvalue weighted by Crippen LogP contribution is 2.11. The van der Waals surface area contributed by atoms with Crippen LogP contribution in [0.3, 0.4) is 0 Å². The number of amides is 2. The van der Waals surface area contributed by atoms with Gasteiger partial charge >= 0.3 is 6.03 Å². The highest BCUT2D eigenvalue weighted by molar-refractivity contribution is 5.74. The molecule has 22 heavy (non-hydrogen) atoms. The molecule has 1 unspecified atom stereocenters. The van der Waals surface area contributed by atoms with Crippen LogP contribution in [0, 0.1) is 0 Å². The highest BCUT2D eigenvalue weighted by Gasteiger charge is 2.22. The van der Waals surface area contributed by atoms with E-state index in [4.69, 9.17) is 4.74 Å². The molecule has 2 amide bonds. The molecule has 0 aliphatic carbocycles. The molecule has 2 aliphatic rings. The smallest absolute Gasteiger partial charge is 0.317 e. The Morgan fingerprint density at radius 1 is 1.36 bits per heavy atom. The molecule has 3 rings (SSSR count). The molecule has 1 atom stereocenters. The average molecular weight is 304 g/mol. The summed E-state index contributed by atoms with van der Waals surface area (Å²) in [5.74, 6) is 0. The van der Waals surface area contributed by atoms with Gasteiger partial charge in [0.1, 0.15) is 0 Å². The summed E-state index contributed by atoms with van der Waals surface area (Å²) in [7, 11) is 0. The van der Waals surface area contributed by atoms with E-state index < -0.39 is 0 Å². The maximum absolute atomic E-state index is 12.2. The van der Waals surface area contributed by atoms with Crippen molar-refractivity contribution >= 4 is 6.03 Å². The molecule has 6 heteroatoms. The molecule has 0 aromatic carbocycles. The second-order valence-electron chi connectivity index (χ2n) is 5.95. The lowest BCUT2D eigenvalue weighted by Gasteiger charge is -2.34. The SMILES string of the molecule is O=C(NCC1CCCO1)N1CCN(Cc2cccnc2)CC1. The molecule has 1 N–H and O–H groups in total. The van der Waals surface area contributed by atoms with E-state index in [-0.39, 0.29) is 12.1 Å². The summed E-state index contributed by atoms with van der Waals surface area (Å²) in [6.45, 7) is 5.72. The van der Waals surface area contributed by atoms with Crippen LogP contribution in [-0.4, -0.2) is 66.2 Å². The quantitative estimate of drug-likeness (QED) is 0.904. The Balaban J connectivity index is 1.38. The zero-order valence-corrected chi connectivity index (χ0v) is 12.9. The van der Waals surface area contributed by atoms with E-state index in [2.05, 4.69) is 21.3 Å². The number of nitrogens with one attached hydrogen (secondary N) is 1. The number of aromatic nitrogens is 1. The number of ether oxygens (including phenoxy) is 1. The molecule has 0 spiro atoms. The largest absolute Gasteiger partial charge is 0.376 e. The molecule has 2 fully saturated rings. The fraction of sp³-hybridized carbons (Fsp3) is 0.625. The Labute approximate surface area is 131 Å². The third-order valence-electron chi connectivity index (χ3n) is 4.29. The number of rotatable bonds is 4. The van der Waals surface area contributed by atoms with E-state index in [1.165, 1.54) is 5.56 Å². The van der Waals surface area contributed by atoms with Crippen LogP contribution in [0.2, 0.25) is 0 Å². The van der Waals surface area contributed by atoms with Crippen molar-refractivity contribution in [2.45, 2.75) is 25.5 Å². The van der Waals surface area contributed by atoms with Gasteiger partial charge in [-0.3, -0.25) is 9.88 Å². The molecule has 2 saturated heterocycles. The normalized spacial score (nSPS) is 22.7. The first-order chi connectivity index (χ1) is 10.8. The maximum Gasteiger partial charge on any atom is 0.317 e. The topological polar surface area (TPSA) is 57.7 Å². The van der Waals surface area contributed by atoms with Crippen molar-refractivity contribution < 1.29 is 9.53 Å². The first kappa shape index (κ1) is 15.2. The number of urea groups is 1. The highest BCUT2D eigenvalue weighted by atomic mass is 16.5. The molecule has 6 nitrogen and oxygen atoms in total. The molecule has 0 radical (unpaired) electrons. The minimum absolute atomic E-state index is 0.0385. The van der Waals surface area contributed by atoms with Crippen LogP contribution in [0.4, 0.5) is 4.79 Å². The van der Waals surface area contributed by atoms with Crippen molar-refractivity contribution in [3.05, 3.63) is 30.1 Å². The molecular formula is C16H24N4O2. The van der Waals surface area contributed by atoms with E-state index in [0.717, 1.165) is 52.2 Å². The van der Waals surface area contributed by atoms with Gasteiger partial charge in [-0.2, -0.15) is 0 Å². The van der Waals surface area contributed by atoms with Gasteiger partial charge in [0.05, 0.1) is 6.10 Å². The van der Waals surface area contributed by atoms with Crippen molar-refractivity contribution in [1.29, 1.82) is 0 Å². The summed E-state index contributed by atoms with van der Waals surface area (Å²) in [6.07, 6.45) is 6.06. The fourth-order valence-corrected chi connectivity index (χ4v) is 2.98. The number of carbonyl (C=O) groups is 1. The Kier molecular flexibility index (Phi) is 5.24. The summed E-state index contributed by atoms with van der Waals surface area (Å²) >= 11 is 0. The molecule has 0 bridgehead atoms. The van der Waals surface area contributed by atoms with Gasteiger partial charge in [-0.1, -0.05) is 6.07 Å². The fourth-order valence-electron chi connectivity index (χ4n) is 2.98. The molecule has 2 aliphatic heterocycles. The van der Waals surface area contributed by atoms with Crippen LogP contribution in [0.1, 0.15) is 18.4 Å². The predicted molar refractivity (Wildman–Crippen MR) is 83.5 cm³/mol. The van der Waals surface area contributed by atoms with Crippen LogP contribution < -0.4 is 5.32 Å². The predicted octanol–water partition coefficient (Wildman–Crippen LogP) is 1.09. The lowest BCUT2D eigenvalue weighted by atomic mass is 10.2. The van der Waals surface area contributed by atoms with E-state index >= 15 is 0 Å². The van der Waals surface area contributed by atoms with Gasteiger partial charge in [0, 0.05) is 58.3 Å². The Morgan fingerprint density at radius 2 is 2.23 bits per heavy atom. The third-order valence-corrected chi connectivity index (χ3v) is 4.29. The van der Waals surface area contributed by atoms with Crippen molar-refractivity contribution in [2.24, 2.45) is 0 Å². The van der Waals surface area contributed by atoms with Crippen LogP contribution in [0.15, 0.2) is 24.5 Å². The average Bonchev–Trinajstić information content (AvgIpc) is 3.08. The van der Waals surface area contributed by atoms with Gasteiger partial charge in [-0.05, 0) is 24.5 Å². The van der Waals surface area contributed by atoms with Crippen molar-refractivity contribution in [3.8, 4) is 0 Å². The lowest BCUT2D eigenvalue weighted by Crippen LogP contribution is -2.52. The zero-order chi connectivity index (χ0) is 15.2. The Bertz CT molecular complexity index is 468. The zero-order valence-electron chi connectivity index (χ0n) is 12.9. The van der Waals surface area contributed by atoms with E-state index in [0.29, 0.717) is 6.54 Å². The van der Waals surface area contributed by atoms with E-state index in [1.807, 2.05) is 17.2 Å². The van der Waals surface area contributed by atoms with Crippen LogP contribution in [0.25, 0.3) is 0 Å².